The Bertz CT molecular complexity index is 1850. The van der Waals surface area contributed by atoms with Crippen LogP contribution in [0.2, 0.25) is 5.02 Å². The molecule has 2 aliphatic heterocycles. The molecule has 0 saturated carbocycles. The van der Waals surface area contributed by atoms with E-state index in [0.717, 1.165) is 50.0 Å². The molecule has 3 aliphatic rings. The van der Waals surface area contributed by atoms with Crippen LogP contribution in [0, 0.1) is 6.92 Å². The molecular weight excluding hydrogens is 604 g/mol. The lowest BCUT2D eigenvalue weighted by Gasteiger charge is -2.36. The van der Waals surface area contributed by atoms with E-state index in [9.17, 15) is 13.2 Å². The van der Waals surface area contributed by atoms with Gasteiger partial charge in [-0.25, -0.2) is 8.42 Å². The van der Waals surface area contributed by atoms with Crippen molar-refractivity contribution in [3.63, 3.8) is 0 Å². The number of aryl methyl sites for hydroxylation is 3. The molecule has 1 amide bonds. The fourth-order valence-electron chi connectivity index (χ4n) is 7.29. The number of para-hydroxylation sites is 1. The molecule has 1 aromatic heterocycles. The number of fused-ring (bicyclic) bond motifs is 3. The van der Waals surface area contributed by atoms with Gasteiger partial charge in [-0.05, 0) is 97.2 Å². The molecule has 7 rings (SSSR count). The first-order valence-corrected chi connectivity index (χ1v) is 17.7. The van der Waals surface area contributed by atoms with Gasteiger partial charge < -0.3 is 14.8 Å². The van der Waals surface area contributed by atoms with Crippen molar-refractivity contribution in [3.8, 4) is 0 Å². The van der Waals surface area contributed by atoms with Crippen molar-refractivity contribution in [2.45, 2.75) is 75.5 Å². The van der Waals surface area contributed by atoms with Gasteiger partial charge in [-0.15, -0.1) is 0 Å². The predicted molar refractivity (Wildman–Crippen MR) is 178 cm³/mol. The maximum atomic E-state index is 13.8. The highest BCUT2D eigenvalue weighted by Gasteiger charge is 2.38. The highest BCUT2D eigenvalue weighted by Crippen LogP contribution is 2.35. The second-order valence-corrected chi connectivity index (χ2v) is 14.9. The Morgan fingerprint density at radius 2 is 1.80 bits per heavy atom. The summed E-state index contributed by atoms with van der Waals surface area (Å²) >= 11 is 6.30. The SMILES string of the molecule is Cc1ccc(S(=O)(=O)N2CCn3cccc3C2CC(=O)NC2CCc3cc(CN4CCCc5ccccc54)ccc3C2)cc1Cl. The lowest BCUT2D eigenvalue weighted by molar-refractivity contribution is -0.123. The number of benzene rings is 3. The van der Waals surface area contributed by atoms with Gasteiger partial charge in [-0.2, -0.15) is 4.31 Å². The largest absolute Gasteiger partial charge is 0.367 e. The Morgan fingerprint density at radius 1 is 0.933 bits per heavy atom. The molecule has 4 aromatic rings. The summed E-state index contributed by atoms with van der Waals surface area (Å²) in [4.78, 5) is 16.2. The van der Waals surface area contributed by atoms with Crippen molar-refractivity contribution in [1.82, 2.24) is 14.2 Å². The van der Waals surface area contributed by atoms with Gasteiger partial charge in [0.25, 0.3) is 0 Å². The molecule has 3 heterocycles. The molecule has 0 radical (unpaired) electrons. The first kappa shape index (κ1) is 30.1. The predicted octanol–water partition coefficient (Wildman–Crippen LogP) is 6.21. The van der Waals surface area contributed by atoms with Crippen LogP contribution in [0.1, 0.15) is 58.8 Å². The van der Waals surface area contributed by atoms with Gasteiger partial charge in [0.05, 0.1) is 10.9 Å². The number of nitrogens with one attached hydrogen (secondary N) is 1. The lowest BCUT2D eigenvalue weighted by atomic mass is 9.87. The summed E-state index contributed by atoms with van der Waals surface area (Å²) in [6, 6.07) is 23.6. The summed E-state index contributed by atoms with van der Waals surface area (Å²) in [6.45, 7) is 4.64. The number of nitrogens with zero attached hydrogens (tertiary/aromatic N) is 3. The summed E-state index contributed by atoms with van der Waals surface area (Å²) in [7, 11) is -3.87. The van der Waals surface area contributed by atoms with Gasteiger partial charge in [0, 0.05) is 61.2 Å². The molecule has 0 bridgehead atoms. The number of rotatable bonds is 7. The average Bonchev–Trinajstić information content (AvgIpc) is 3.52. The van der Waals surface area contributed by atoms with Crippen LogP contribution < -0.4 is 10.2 Å². The van der Waals surface area contributed by atoms with Crippen molar-refractivity contribution in [2.75, 3.05) is 18.0 Å². The third-order valence-electron chi connectivity index (χ3n) is 9.69. The van der Waals surface area contributed by atoms with Crippen LogP contribution in [0.15, 0.2) is 83.9 Å². The first-order valence-electron chi connectivity index (χ1n) is 15.9. The van der Waals surface area contributed by atoms with E-state index in [2.05, 4.69) is 52.7 Å². The van der Waals surface area contributed by atoms with Crippen LogP contribution in [-0.2, 0) is 47.2 Å². The lowest BCUT2D eigenvalue weighted by Crippen LogP contribution is -2.45. The fourth-order valence-corrected chi connectivity index (χ4v) is 9.16. The van der Waals surface area contributed by atoms with Gasteiger partial charge in [0.15, 0.2) is 0 Å². The van der Waals surface area contributed by atoms with E-state index in [-0.39, 0.29) is 29.8 Å². The minimum Gasteiger partial charge on any atom is -0.367 e. The van der Waals surface area contributed by atoms with Gasteiger partial charge in [0.1, 0.15) is 0 Å². The third-order valence-corrected chi connectivity index (χ3v) is 12.0. The minimum absolute atomic E-state index is 0.0150. The topological polar surface area (TPSA) is 74.6 Å². The Morgan fingerprint density at radius 3 is 2.67 bits per heavy atom. The van der Waals surface area contributed by atoms with Crippen molar-refractivity contribution >= 4 is 33.2 Å². The maximum absolute atomic E-state index is 13.8. The van der Waals surface area contributed by atoms with Crippen LogP contribution in [0.3, 0.4) is 0 Å². The van der Waals surface area contributed by atoms with E-state index >= 15 is 0 Å². The Kier molecular flexibility index (Phi) is 8.23. The zero-order valence-corrected chi connectivity index (χ0v) is 27.2. The number of anilines is 1. The van der Waals surface area contributed by atoms with Crippen LogP contribution in [0.4, 0.5) is 5.69 Å². The second-order valence-electron chi connectivity index (χ2n) is 12.6. The number of halogens is 1. The molecule has 0 saturated heterocycles. The fraction of sp³-hybridized carbons (Fsp3) is 0.361. The molecule has 1 N–H and O–H groups in total. The van der Waals surface area contributed by atoms with E-state index in [0.29, 0.717) is 11.6 Å². The van der Waals surface area contributed by atoms with Crippen molar-refractivity contribution in [3.05, 3.63) is 118 Å². The zero-order valence-electron chi connectivity index (χ0n) is 25.6. The molecule has 2 unspecified atom stereocenters. The van der Waals surface area contributed by atoms with Crippen LogP contribution >= 0.6 is 11.6 Å². The summed E-state index contributed by atoms with van der Waals surface area (Å²) in [6.07, 6.45) is 6.88. The van der Waals surface area contributed by atoms with E-state index < -0.39 is 16.1 Å². The third kappa shape index (κ3) is 6.03. The van der Waals surface area contributed by atoms with Crippen LogP contribution in [0.5, 0.6) is 0 Å². The van der Waals surface area contributed by atoms with Gasteiger partial charge in [-0.1, -0.05) is 54.1 Å². The number of carbonyl (C=O) groups is 1. The van der Waals surface area contributed by atoms with Crippen molar-refractivity contribution in [2.24, 2.45) is 0 Å². The van der Waals surface area contributed by atoms with Crippen molar-refractivity contribution < 1.29 is 13.2 Å². The highest BCUT2D eigenvalue weighted by atomic mass is 35.5. The number of hydrogen-bond acceptors (Lipinski definition) is 4. The molecule has 45 heavy (non-hydrogen) atoms. The molecule has 9 heteroatoms. The summed E-state index contributed by atoms with van der Waals surface area (Å²) in [5.74, 6) is -0.134. The van der Waals surface area contributed by atoms with E-state index in [1.54, 1.807) is 12.1 Å². The molecule has 234 valence electrons. The molecule has 0 fully saturated rings. The number of amides is 1. The summed E-state index contributed by atoms with van der Waals surface area (Å²) < 4.78 is 31.2. The van der Waals surface area contributed by atoms with Gasteiger partial charge >= 0.3 is 0 Å². The molecular formula is C36H39ClN4O3S. The Balaban J connectivity index is 1.03. The van der Waals surface area contributed by atoms with Gasteiger partial charge in [-0.3, -0.25) is 4.79 Å². The zero-order chi connectivity index (χ0) is 31.1. The first-order chi connectivity index (χ1) is 21.8. The number of aromatic nitrogens is 1. The Hall–Kier alpha value is -3.59. The summed E-state index contributed by atoms with van der Waals surface area (Å²) in [5.41, 5.74) is 8.40. The number of hydrogen-bond donors (Lipinski definition) is 1. The quantitative estimate of drug-likeness (QED) is 0.260. The molecule has 7 nitrogen and oxygen atoms in total. The van der Waals surface area contributed by atoms with E-state index in [4.69, 9.17) is 11.6 Å². The number of carbonyl (C=O) groups excluding carboxylic acids is 1. The molecule has 1 aliphatic carbocycles. The number of sulfonamides is 1. The van der Waals surface area contributed by atoms with Crippen LogP contribution in [-0.4, -0.2) is 42.3 Å². The van der Waals surface area contributed by atoms with Crippen LogP contribution in [0.25, 0.3) is 0 Å². The molecule has 2 atom stereocenters. The average molecular weight is 643 g/mol. The van der Waals surface area contributed by atoms with Crippen molar-refractivity contribution in [1.29, 1.82) is 0 Å². The second kappa shape index (κ2) is 12.3. The van der Waals surface area contributed by atoms with E-state index in [1.807, 2.05) is 29.8 Å². The minimum atomic E-state index is -3.87. The highest BCUT2D eigenvalue weighted by molar-refractivity contribution is 7.89. The monoisotopic (exact) mass is 642 g/mol. The maximum Gasteiger partial charge on any atom is 0.243 e. The van der Waals surface area contributed by atoms with E-state index in [1.165, 1.54) is 44.7 Å². The normalized spacial score (nSPS) is 19.8. The summed E-state index contributed by atoms with van der Waals surface area (Å²) in [5, 5.41) is 3.66. The Labute approximate surface area is 270 Å². The van der Waals surface area contributed by atoms with Gasteiger partial charge in [0.2, 0.25) is 15.9 Å². The standard InChI is InChI=1S/C36H39ClN4O3S/c1-25-10-15-31(22-32(25)37)45(43,44)41-19-18-39-16-5-9-34(39)35(41)23-36(42)38-30-14-13-28-20-26(11-12-29(28)21-30)24-40-17-4-7-27-6-2-3-8-33(27)40/h2-3,5-6,8-12,15-16,20,22,30,35H,4,7,13-14,17-19,21,23-24H2,1H3,(H,38,42). The molecule has 3 aromatic carbocycles. The molecule has 0 spiro atoms. The smallest absolute Gasteiger partial charge is 0.243 e.